The average Bonchev–Trinajstić information content (AvgIpc) is 2.85. The van der Waals surface area contributed by atoms with Crippen molar-refractivity contribution in [2.24, 2.45) is 0 Å². The highest BCUT2D eigenvalue weighted by Gasteiger charge is 2.16. The zero-order valence-corrected chi connectivity index (χ0v) is 12.1. The molecule has 20 heavy (non-hydrogen) atoms. The standard InChI is InChI=1S/C14H13ClN2O2S/c15-11-2-1-3-13(9-11)20(18,19)17-12-4-5-14-10(8-12)6-7-16-14/h1-5,8-9,16-17H,6-7H2. The van der Waals surface area contributed by atoms with Crippen LogP contribution in [0.25, 0.3) is 0 Å². The third-order valence-corrected chi connectivity index (χ3v) is 4.79. The van der Waals surface area contributed by atoms with Crippen LogP contribution in [0.4, 0.5) is 11.4 Å². The van der Waals surface area contributed by atoms with Crippen LogP contribution in [0.2, 0.25) is 5.02 Å². The molecule has 3 rings (SSSR count). The first-order valence-electron chi connectivity index (χ1n) is 6.20. The smallest absolute Gasteiger partial charge is 0.261 e. The molecule has 0 aromatic heterocycles. The van der Waals surface area contributed by atoms with Crippen molar-refractivity contribution < 1.29 is 8.42 Å². The molecule has 6 heteroatoms. The third kappa shape index (κ3) is 2.59. The van der Waals surface area contributed by atoms with Crippen molar-refractivity contribution in [3.8, 4) is 0 Å². The van der Waals surface area contributed by atoms with Crippen molar-refractivity contribution in [3.05, 3.63) is 53.1 Å². The lowest BCUT2D eigenvalue weighted by atomic mass is 10.1. The first-order valence-corrected chi connectivity index (χ1v) is 8.06. The normalized spacial score (nSPS) is 13.7. The van der Waals surface area contributed by atoms with Gasteiger partial charge >= 0.3 is 0 Å². The molecule has 0 radical (unpaired) electrons. The average molecular weight is 309 g/mol. The fraction of sp³-hybridized carbons (Fsp3) is 0.143. The van der Waals surface area contributed by atoms with E-state index in [1.54, 1.807) is 18.2 Å². The molecule has 0 fully saturated rings. The van der Waals surface area contributed by atoms with Gasteiger partial charge < -0.3 is 5.32 Å². The Morgan fingerprint density at radius 2 is 2.00 bits per heavy atom. The summed E-state index contributed by atoms with van der Waals surface area (Å²) < 4.78 is 27.1. The van der Waals surface area contributed by atoms with Crippen molar-refractivity contribution in [2.45, 2.75) is 11.3 Å². The topological polar surface area (TPSA) is 58.2 Å². The summed E-state index contributed by atoms with van der Waals surface area (Å²) >= 11 is 5.83. The summed E-state index contributed by atoms with van der Waals surface area (Å²) in [7, 11) is -3.61. The lowest BCUT2D eigenvalue weighted by molar-refractivity contribution is 0.601. The lowest BCUT2D eigenvalue weighted by Gasteiger charge is -2.09. The van der Waals surface area contributed by atoms with Crippen LogP contribution in [-0.2, 0) is 16.4 Å². The van der Waals surface area contributed by atoms with Crippen molar-refractivity contribution in [1.29, 1.82) is 0 Å². The second-order valence-corrected chi connectivity index (χ2v) is 6.73. The van der Waals surface area contributed by atoms with Crippen molar-refractivity contribution in [2.75, 3.05) is 16.6 Å². The molecular formula is C14H13ClN2O2S. The summed E-state index contributed by atoms with van der Waals surface area (Å²) in [6, 6.07) is 11.7. The largest absolute Gasteiger partial charge is 0.384 e. The summed E-state index contributed by atoms with van der Waals surface area (Å²) in [4.78, 5) is 0.156. The van der Waals surface area contributed by atoms with Crippen LogP contribution < -0.4 is 10.0 Å². The molecule has 0 atom stereocenters. The summed E-state index contributed by atoms with van der Waals surface area (Å²) in [5.74, 6) is 0. The number of sulfonamides is 1. The van der Waals surface area contributed by atoms with Crippen LogP contribution in [0.5, 0.6) is 0 Å². The van der Waals surface area contributed by atoms with Gasteiger partial charge in [-0.25, -0.2) is 8.42 Å². The molecule has 1 aliphatic heterocycles. The molecule has 0 aliphatic carbocycles. The van der Waals surface area contributed by atoms with Crippen LogP contribution in [0.1, 0.15) is 5.56 Å². The van der Waals surface area contributed by atoms with Crippen LogP contribution in [0.3, 0.4) is 0 Å². The molecule has 2 aromatic rings. The quantitative estimate of drug-likeness (QED) is 0.916. The number of halogens is 1. The summed E-state index contributed by atoms with van der Waals surface area (Å²) in [6.07, 6.45) is 0.905. The van der Waals surface area contributed by atoms with E-state index >= 15 is 0 Å². The van der Waals surface area contributed by atoms with Gasteiger partial charge in [-0.1, -0.05) is 17.7 Å². The van der Waals surface area contributed by atoms with E-state index in [1.807, 2.05) is 12.1 Å². The molecule has 0 unspecified atom stereocenters. The molecule has 0 spiro atoms. The summed E-state index contributed by atoms with van der Waals surface area (Å²) in [6.45, 7) is 0.889. The molecule has 1 heterocycles. The molecule has 0 amide bonds. The summed E-state index contributed by atoms with van der Waals surface area (Å²) in [5.41, 5.74) is 2.75. The Labute approximate surface area is 122 Å². The van der Waals surface area contributed by atoms with Gasteiger partial charge in [-0.3, -0.25) is 4.72 Å². The zero-order chi connectivity index (χ0) is 14.2. The highest BCUT2D eigenvalue weighted by molar-refractivity contribution is 7.92. The maximum atomic E-state index is 12.3. The van der Waals surface area contributed by atoms with E-state index in [0.717, 1.165) is 24.2 Å². The van der Waals surface area contributed by atoms with Gasteiger partial charge in [0.1, 0.15) is 0 Å². The minimum absolute atomic E-state index is 0.156. The number of rotatable bonds is 3. The molecule has 0 bridgehead atoms. The predicted molar refractivity (Wildman–Crippen MR) is 80.9 cm³/mol. The maximum absolute atomic E-state index is 12.3. The number of benzene rings is 2. The molecule has 0 saturated carbocycles. The minimum Gasteiger partial charge on any atom is -0.384 e. The Bertz CT molecular complexity index is 760. The number of hydrogen-bond acceptors (Lipinski definition) is 3. The van der Waals surface area contributed by atoms with Gasteiger partial charge in [-0.05, 0) is 48.4 Å². The van der Waals surface area contributed by atoms with Gasteiger partial charge in [0, 0.05) is 22.9 Å². The van der Waals surface area contributed by atoms with E-state index < -0.39 is 10.0 Å². The molecule has 4 nitrogen and oxygen atoms in total. The molecular weight excluding hydrogens is 296 g/mol. The van der Waals surface area contributed by atoms with E-state index in [0.29, 0.717) is 10.7 Å². The van der Waals surface area contributed by atoms with Crippen LogP contribution in [0.15, 0.2) is 47.4 Å². The van der Waals surface area contributed by atoms with Gasteiger partial charge in [0.2, 0.25) is 0 Å². The monoisotopic (exact) mass is 308 g/mol. The van der Waals surface area contributed by atoms with Crippen molar-refractivity contribution in [1.82, 2.24) is 0 Å². The Balaban J connectivity index is 1.90. The Hall–Kier alpha value is -1.72. The molecule has 0 saturated heterocycles. The number of anilines is 2. The fourth-order valence-corrected chi connectivity index (χ4v) is 3.57. The van der Waals surface area contributed by atoms with Gasteiger partial charge in [-0.15, -0.1) is 0 Å². The van der Waals surface area contributed by atoms with E-state index in [9.17, 15) is 8.42 Å². The Morgan fingerprint density at radius 1 is 1.15 bits per heavy atom. The molecule has 2 aromatic carbocycles. The maximum Gasteiger partial charge on any atom is 0.261 e. The third-order valence-electron chi connectivity index (χ3n) is 3.17. The Morgan fingerprint density at radius 3 is 2.80 bits per heavy atom. The van der Waals surface area contributed by atoms with Gasteiger partial charge in [0.25, 0.3) is 10.0 Å². The number of hydrogen-bond donors (Lipinski definition) is 2. The van der Waals surface area contributed by atoms with Crippen molar-refractivity contribution in [3.63, 3.8) is 0 Å². The van der Waals surface area contributed by atoms with Gasteiger partial charge in [0.15, 0.2) is 0 Å². The van der Waals surface area contributed by atoms with E-state index in [-0.39, 0.29) is 4.90 Å². The van der Waals surface area contributed by atoms with Crippen LogP contribution in [0, 0.1) is 0 Å². The fourth-order valence-electron chi connectivity index (χ4n) is 2.22. The molecule has 2 N–H and O–H groups in total. The lowest BCUT2D eigenvalue weighted by Crippen LogP contribution is -2.12. The number of nitrogens with one attached hydrogen (secondary N) is 2. The first-order chi connectivity index (χ1) is 9.54. The van der Waals surface area contributed by atoms with E-state index in [4.69, 9.17) is 11.6 Å². The number of fused-ring (bicyclic) bond motifs is 1. The van der Waals surface area contributed by atoms with Gasteiger partial charge in [0.05, 0.1) is 4.90 Å². The van der Waals surface area contributed by atoms with Crippen LogP contribution in [-0.4, -0.2) is 15.0 Å². The molecule has 104 valence electrons. The van der Waals surface area contributed by atoms with E-state index in [1.165, 1.54) is 12.1 Å². The van der Waals surface area contributed by atoms with Crippen LogP contribution >= 0.6 is 11.6 Å². The zero-order valence-electron chi connectivity index (χ0n) is 10.6. The van der Waals surface area contributed by atoms with Gasteiger partial charge in [-0.2, -0.15) is 0 Å². The Kier molecular flexibility index (Phi) is 3.31. The van der Waals surface area contributed by atoms with E-state index in [2.05, 4.69) is 10.0 Å². The highest BCUT2D eigenvalue weighted by atomic mass is 35.5. The van der Waals surface area contributed by atoms with Crippen molar-refractivity contribution >= 4 is 33.0 Å². The minimum atomic E-state index is -3.61. The predicted octanol–water partition coefficient (Wildman–Crippen LogP) is 3.11. The SMILES string of the molecule is O=S(=O)(Nc1ccc2c(c1)CCN2)c1cccc(Cl)c1. The second kappa shape index (κ2) is 5.00. The first kappa shape index (κ1) is 13.3. The highest BCUT2D eigenvalue weighted by Crippen LogP contribution is 2.27. The summed E-state index contributed by atoms with van der Waals surface area (Å²) in [5, 5.41) is 3.63. The molecule has 1 aliphatic rings. The second-order valence-electron chi connectivity index (χ2n) is 4.61.